The molecule has 5 nitrogen and oxygen atoms in total. The van der Waals surface area contributed by atoms with E-state index in [2.05, 4.69) is 5.32 Å². The van der Waals surface area contributed by atoms with Crippen LogP contribution in [-0.4, -0.2) is 41.1 Å². The molecule has 0 heterocycles. The highest BCUT2D eigenvalue weighted by Crippen LogP contribution is 2.03. The lowest BCUT2D eigenvalue weighted by Crippen LogP contribution is -2.50. The first kappa shape index (κ1) is 15.2. The quantitative estimate of drug-likeness (QED) is 0.602. The molecular weight excluding hydrogens is 228 g/mol. The first-order chi connectivity index (χ1) is 7.40. The fraction of sp³-hybridized carbons (Fsp3) is 0.800. The minimum Gasteiger partial charge on any atom is -0.480 e. The lowest BCUT2D eigenvalue weighted by molar-refractivity contribution is -0.142. The largest absolute Gasteiger partial charge is 0.480 e. The zero-order valence-electron chi connectivity index (χ0n) is 9.90. The fourth-order valence-electron chi connectivity index (χ4n) is 1.06. The lowest BCUT2D eigenvalue weighted by atomic mass is 10.0. The van der Waals surface area contributed by atoms with Crippen LogP contribution in [0.4, 0.5) is 0 Å². The Hall–Kier alpha value is -0.750. The van der Waals surface area contributed by atoms with Crippen molar-refractivity contribution in [2.45, 2.75) is 32.4 Å². The predicted octanol–water partition coefficient (Wildman–Crippen LogP) is 0.292. The molecule has 0 radical (unpaired) electrons. The first-order valence-corrected chi connectivity index (χ1v) is 6.57. The molecule has 0 spiro atoms. The van der Waals surface area contributed by atoms with E-state index >= 15 is 0 Å². The zero-order chi connectivity index (χ0) is 12.7. The molecular formula is C10H20N2O3S. The van der Waals surface area contributed by atoms with E-state index < -0.39 is 24.0 Å². The van der Waals surface area contributed by atoms with Gasteiger partial charge >= 0.3 is 5.97 Å². The number of aliphatic carboxylic acids is 1. The summed E-state index contributed by atoms with van der Waals surface area (Å²) in [6.07, 6.45) is 2.30. The molecule has 1 amide bonds. The van der Waals surface area contributed by atoms with E-state index in [1.165, 1.54) is 0 Å². The van der Waals surface area contributed by atoms with E-state index in [4.69, 9.17) is 10.8 Å². The van der Waals surface area contributed by atoms with Crippen molar-refractivity contribution in [1.29, 1.82) is 0 Å². The molecule has 0 saturated carbocycles. The smallest absolute Gasteiger partial charge is 0.326 e. The predicted molar refractivity (Wildman–Crippen MR) is 65.4 cm³/mol. The summed E-state index contributed by atoms with van der Waals surface area (Å²) in [5.74, 6) is -0.731. The van der Waals surface area contributed by atoms with Crippen LogP contribution in [0.1, 0.15) is 20.3 Å². The van der Waals surface area contributed by atoms with Gasteiger partial charge in [0.15, 0.2) is 0 Å². The minimum absolute atomic E-state index is 0.00463. The Labute approximate surface area is 100 Å². The number of carboxylic acids is 1. The van der Waals surface area contributed by atoms with Crippen molar-refractivity contribution in [2.24, 2.45) is 11.7 Å². The van der Waals surface area contributed by atoms with Crippen molar-refractivity contribution < 1.29 is 14.7 Å². The van der Waals surface area contributed by atoms with Gasteiger partial charge in [-0.25, -0.2) is 4.79 Å². The number of nitrogens with one attached hydrogen (secondary N) is 1. The van der Waals surface area contributed by atoms with Crippen LogP contribution in [0.5, 0.6) is 0 Å². The van der Waals surface area contributed by atoms with Crippen LogP contribution in [0.15, 0.2) is 0 Å². The molecule has 0 aliphatic rings. The average Bonchev–Trinajstić information content (AvgIpc) is 2.21. The summed E-state index contributed by atoms with van der Waals surface area (Å²) >= 11 is 1.54. The van der Waals surface area contributed by atoms with Gasteiger partial charge in [-0.2, -0.15) is 11.8 Å². The Bertz CT molecular complexity index is 246. The Kier molecular flexibility index (Phi) is 7.16. The molecule has 6 heteroatoms. The van der Waals surface area contributed by atoms with Gasteiger partial charge in [0.1, 0.15) is 6.04 Å². The molecule has 2 unspecified atom stereocenters. The van der Waals surface area contributed by atoms with Gasteiger partial charge in [0, 0.05) is 0 Å². The highest BCUT2D eigenvalue weighted by Gasteiger charge is 2.24. The maximum Gasteiger partial charge on any atom is 0.326 e. The normalized spacial score (nSPS) is 14.6. The lowest BCUT2D eigenvalue weighted by Gasteiger charge is -2.19. The minimum atomic E-state index is -1.02. The van der Waals surface area contributed by atoms with E-state index in [1.54, 1.807) is 11.8 Å². The molecule has 0 fully saturated rings. The number of carboxylic acid groups (broad SMARTS) is 1. The Morgan fingerprint density at radius 2 is 2.00 bits per heavy atom. The summed E-state index contributed by atoms with van der Waals surface area (Å²) in [4.78, 5) is 22.4. The summed E-state index contributed by atoms with van der Waals surface area (Å²) < 4.78 is 0. The molecule has 0 aliphatic heterocycles. The second-order valence-corrected chi connectivity index (χ2v) is 4.94. The van der Waals surface area contributed by atoms with E-state index in [-0.39, 0.29) is 5.92 Å². The Morgan fingerprint density at radius 1 is 1.44 bits per heavy atom. The molecule has 0 aliphatic carbocycles. The van der Waals surface area contributed by atoms with Crippen molar-refractivity contribution >= 4 is 23.6 Å². The number of hydrogen-bond acceptors (Lipinski definition) is 4. The third-order valence-electron chi connectivity index (χ3n) is 2.25. The van der Waals surface area contributed by atoms with Crippen LogP contribution in [-0.2, 0) is 9.59 Å². The topological polar surface area (TPSA) is 92.4 Å². The van der Waals surface area contributed by atoms with Crippen LogP contribution in [0, 0.1) is 5.92 Å². The molecule has 0 aromatic heterocycles. The van der Waals surface area contributed by atoms with Crippen molar-refractivity contribution in [1.82, 2.24) is 5.32 Å². The van der Waals surface area contributed by atoms with Gasteiger partial charge in [0.05, 0.1) is 6.04 Å². The second-order valence-electron chi connectivity index (χ2n) is 3.95. The molecule has 0 rings (SSSR count). The van der Waals surface area contributed by atoms with Gasteiger partial charge < -0.3 is 16.2 Å². The highest BCUT2D eigenvalue weighted by molar-refractivity contribution is 7.98. The van der Waals surface area contributed by atoms with Crippen LogP contribution in [0.3, 0.4) is 0 Å². The van der Waals surface area contributed by atoms with Gasteiger partial charge in [-0.3, -0.25) is 4.79 Å². The standard InChI is InChI=1S/C10H20N2O3S/c1-6(2)8(11)9(13)12-7(10(14)15)4-5-16-3/h6-8H,4-5,11H2,1-3H3,(H,12,13)(H,14,15). The van der Waals surface area contributed by atoms with E-state index in [0.717, 1.165) is 0 Å². The Morgan fingerprint density at radius 3 is 2.38 bits per heavy atom. The van der Waals surface area contributed by atoms with E-state index in [1.807, 2.05) is 20.1 Å². The van der Waals surface area contributed by atoms with Gasteiger partial charge in [-0.15, -0.1) is 0 Å². The number of carbonyl (C=O) groups is 2. The summed E-state index contributed by atoms with van der Waals surface area (Å²) in [6.45, 7) is 3.64. The van der Waals surface area contributed by atoms with E-state index in [9.17, 15) is 9.59 Å². The van der Waals surface area contributed by atoms with Gasteiger partial charge in [-0.1, -0.05) is 13.8 Å². The van der Waals surface area contributed by atoms with Crippen LogP contribution < -0.4 is 11.1 Å². The number of rotatable bonds is 7. The molecule has 94 valence electrons. The maximum absolute atomic E-state index is 11.6. The molecule has 0 aromatic rings. The zero-order valence-corrected chi connectivity index (χ0v) is 10.7. The number of hydrogen-bond donors (Lipinski definition) is 3. The van der Waals surface area contributed by atoms with Gasteiger partial charge in [-0.05, 0) is 24.3 Å². The molecule has 2 atom stereocenters. The summed E-state index contributed by atoms with van der Waals surface area (Å²) in [7, 11) is 0. The fourth-order valence-corrected chi connectivity index (χ4v) is 1.54. The summed E-state index contributed by atoms with van der Waals surface area (Å²) in [6, 6.07) is -1.50. The van der Waals surface area contributed by atoms with Crippen molar-refractivity contribution in [3.63, 3.8) is 0 Å². The van der Waals surface area contributed by atoms with Crippen molar-refractivity contribution in [3.05, 3.63) is 0 Å². The van der Waals surface area contributed by atoms with Gasteiger partial charge in [0.2, 0.25) is 5.91 Å². The molecule has 4 N–H and O–H groups in total. The number of amides is 1. The summed E-state index contributed by atoms with van der Waals surface area (Å²) in [5, 5.41) is 11.4. The number of thioether (sulfide) groups is 1. The highest BCUT2D eigenvalue weighted by atomic mass is 32.2. The monoisotopic (exact) mass is 248 g/mol. The first-order valence-electron chi connectivity index (χ1n) is 5.17. The van der Waals surface area contributed by atoms with Crippen molar-refractivity contribution in [3.8, 4) is 0 Å². The van der Waals surface area contributed by atoms with Crippen LogP contribution in [0.2, 0.25) is 0 Å². The third kappa shape index (κ3) is 5.37. The number of carbonyl (C=O) groups excluding carboxylic acids is 1. The second kappa shape index (κ2) is 7.51. The third-order valence-corrected chi connectivity index (χ3v) is 2.89. The van der Waals surface area contributed by atoms with Crippen LogP contribution in [0.25, 0.3) is 0 Å². The maximum atomic E-state index is 11.6. The van der Waals surface area contributed by atoms with E-state index in [0.29, 0.717) is 12.2 Å². The van der Waals surface area contributed by atoms with Gasteiger partial charge in [0.25, 0.3) is 0 Å². The SMILES string of the molecule is CSCCC(NC(=O)C(N)C(C)C)C(=O)O. The van der Waals surface area contributed by atoms with Crippen molar-refractivity contribution in [2.75, 3.05) is 12.0 Å². The molecule has 0 bridgehead atoms. The molecule has 0 aromatic carbocycles. The Balaban J connectivity index is 4.28. The molecule has 0 saturated heterocycles. The van der Waals surface area contributed by atoms with Crippen LogP contribution >= 0.6 is 11.8 Å². The average molecular weight is 248 g/mol. The summed E-state index contributed by atoms with van der Waals surface area (Å²) in [5.41, 5.74) is 5.63. The molecule has 16 heavy (non-hydrogen) atoms. The number of nitrogens with two attached hydrogens (primary N) is 1.